The van der Waals surface area contributed by atoms with Crippen molar-refractivity contribution in [1.29, 1.82) is 5.41 Å². The first kappa shape index (κ1) is 17.9. The van der Waals surface area contributed by atoms with Crippen molar-refractivity contribution in [1.82, 2.24) is 4.98 Å². The Bertz CT molecular complexity index is 1090. The Kier molecular flexibility index (Phi) is 3.92. The minimum atomic E-state index is -1.67. The Morgan fingerprint density at radius 3 is 2.57 bits per heavy atom. The molecule has 0 radical (unpaired) electrons. The second-order valence-corrected chi connectivity index (χ2v) is 8.55. The summed E-state index contributed by atoms with van der Waals surface area (Å²) in [5.74, 6) is 0.170. The summed E-state index contributed by atoms with van der Waals surface area (Å²) in [6.07, 6.45) is 1.86. The van der Waals surface area contributed by atoms with Crippen molar-refractivity contribution < 1.29 is 9.84 Å². The van der Waals surface area contributed by atoms with E-state index in [1.54, 1.807) is 6.07 Å². The van der Waals surface area contributed by atoms with Crippen LogP contribution in [0.2, 0.25) is 5.02 Å². The van der Waals surface area contributed by atoms with Crippen LogP contribution in [-0.2, 0) is 11.2 Å². The summed E-state index contributed by atoms with van der Waals surface area (Å²) in [5.41, 5.74) is -0.512. The Hall–Kier alpha value is -2.21. The SMILES string of the molecule is N=C1C[C@@H](c2ccccc2)[C@]2(c3ccc(Br)cc3)Oc3cc(Cl)cnc3[C@]12O. The molecule has 1 aromatic heterocycles. The van der Waals surface area contributed by atoms with Crippen LogP contribution in [0, 0.1) is 5.41 Å². The van der Waals surface area contributed by atoms with E-state index in [1.165, 1.54) is 6.20 Å². The number of pyridine rings is 1. The first-order valence-corrected chi connectivity index (χ1v) is 10.1. The summed E-state index contributed by atoms with van der Waals surface area (Å²) in [5, 5.41) is 21.1. The van der Waals surface area contributed by atoms with Gasteiger partial charge in [0.25, 0.3) is 0 Å². The number of rotatable bonds is 2. The minimum Gasteiger partial charge on any atom is -0.476 e. The van der Waals surface area contributed by atoms with Gasteiger partial charge in [0.05, 0.1) is 10.7 Å². The number of aliphatic hydroxyl groups is 1. The van der Waals surface area contributed by atoms with Gasteiger partial charge < -0.3 is 15.3 Å². The number of nitrogens with one attached hydrogen (secondary N) is 1. The number of hydrogen-bond donors (Lipinski definition) is 2. The number of nitrogens with zero attached hydrogens (tertiary/aromatic N) is 1. The third-order valence-electron chi connectivity index (χ3n) is 5.78. The molecular weight excluding hydrogens is 440 g/mol. The molecule has 1 aliphatic heterocycles. The van der Waals surface area contributed by atoms with E-state index in [1.807, 2.05) is 54.6 Å². The van der Waals surface area contributed by atoms with Gasteiger partial charge in [0.1, 0.15) is 11.4 Å². The zero-order chi connectivity index (χ0) is 19.5. The fourth-order valence-electron chi connectivity index (χ4n) is 4.58. The number of halogens is 2. The van der Waals surface area contributed by atoms with Gasteiger partial charge in [0.15, 0.2) is 11.2 Å². The predicted octanol–water partition coefficient (Wildman–Crippen LogP) is 5.18. The highest BCUT2D eigenvalue weighted by Gasteiger charge is 2.72. The number of fused-ring (bicyclic) bond motifs is 3. The first-order valence-electron chi connectivity index (χ1n) is 8.93. The summed E-state index contributed by atoms with van der Waals surface area (Å²) in [4.78, 5) is 4.38. The molecule has 2 heterocycles. The van der Waals surface area contributed by atoms with E-state index in [4.69, 9.17) is 21.7 Å². The zero-order valence-electron chi connectivity index (χ0n) is 14.7. The molecule has 4 nitrogen and oxygen atoms in total. The van der Waals surface area contributed by atoms with Crippen molar-refractivity contribution in [2.24, 2.45) is 0 Å². The van der Waals surface area contributed by atoms with Gasteiger partial charge in [-0.2, -0.15) is 0 Å². The van der Waals surface area contributed by atoms with Crippen molar-refractivity contribution in [3.63, 3.8) is 0 Å². The van der Waals surface area contributed by atoms with Crippen LogP contribution in [0.3, 0.4) is 0 Å². The summed E-state index contributed by atoms with van der Waals surface area (Å²) in [7, 11) is 0. The largest absolute Gasteiger partial charge is 0.476 e. The number of benzene rings is 2. The van der Waals surface area contributed by atoms with E-state index >= 15 is 0 Å². The van der Waals surface area contributed by atoms with Gasteiger partial charge in [-0.3, -0.25) is 4.98 Å². The number of hydrogen-bond acceptors (Lipinski definition) is 4. The molecule has 1 saturated carbocycles. The van der Waals surface area contributed by atoms with E-state index in [0.717, 1.165) is 15.6 Å². The lowest BCUT2D eigenvalue weighted by molar-refractivity contribution is -0.0756. The lowest BCUT2D eigenvalue weighted by Gasteiger charge is -2.39. The van der Waals surface area contributed by atoms with Crippen LogP contribution in [0.4, 0.5) is 0 Å². The van der Waals surface area contributed by atoms with Gasteiger partial charge >= 0.3 is 0 Å². The molecule has 0 amide bonds. The smallest absolute Gasteiger partial charge is 0.192 e. The monoisotopic (exact) mass is 454 g/mol. The van der Waals surface area contributed by atoms with Crippen LogP contribution in [0.1, 0.15) is 29.2 Å². The van der Waals surface area contributed by atoms with Gasteiger partial charge in [-0.05, 0) is 29.7 Å². The van der Waals surface area contributed by atoms with Crippen LogP contribution in [-0.4, -0.2) is 15.8 Å². The standard InChI is InChI=1S/C22H16BrClN2O2/c23-15-8-6-14(7-9-15)22-17(13-4-2-1-3-5-13)11-19(25)21(22,27)20-18(28-22)10-16(24)12-26-20/h1-10,12,17,25,27H,11H2/t17-,21+,22-/m0/s1. The molecule has 0 unspecified atom stereocenters. The topological polar surface area (TPSA) is 66.2 Å². The number of ether oxygens (including phenoxy) is 1. The number of aromatic nitrogens is 1. The van der Waals surface area contributed by atoms with E-state index in [2.05, 4.69) is 20.9 Å². The van der Waals surface area contributed by atoms with Crippen LogP contribution in [0.15, 0.2) is 71.3 Å². The lowest BCUT2D eigenvalue weighted by Crippen LogP contribution is -2.50. The van der Waals surface area contributed by atoms with Gasteiger partial charge in [-0.1, -0.05) is 70.0 Å². The summed E-state index contributed by atoms with van der Waals surface area (Å²) in [6, 6.07) is 19.3. The maximum absolute atomic E-state index is 12.0. The van der Waals surface area contributed by atoms with Crippen LogP contribution >= 0.6 is 27.5 Å². The third-order valence-corrected chi connectivity index (χ3v) is 6.52. The van der Waals surface area contributed by atoms with Gasteiger partial charge in [-0.25, -0.2) is 0 Å². The van der Waals surface area contributed by atoms with E-state index in [9.17, 15) is 5.11 Å². The average molecular weight is 456 g/mol. The van der Waals surface area contributed by atoms with Gasteiger partial charge in [0.2, 0.25) is 0 Å². The van der Waals surface area contributed by atoms with Crippen molar-refractivity contribution in [2.45, 2.75) is 23.5 Å². The Morgan fingerprint density at radius 1 is 1.14 bits per heavy atom. The zero-order valence-corrected chi connectivity index (χ0v) is 17.0. The van der Waals surface area contributed by atoms with Crippen molar-refractivity contribution in [2.75, 3.05) is 0 Å². The van der Waals surface area contributed by atoms with Gasteiger partial charge in [-0.15, -0.1) is 0 Å². The summed E-state index contributed by atoms with van der Waals surface area (Å²) in [6.45, 7) is 0. The molecule has 5 rings (SSSR count). The fourth-order valence-corrected chi connectivity index (χ4v) is 5.00. The second kappa shape index (κ2) is 6.14. The Balaban J connectivity index is 1.82. The first-order chi connectivity index (χ1) is 13.5. The molecule has 140 valence electrons. The molecule has 3 atom stereocenters. The maximum atomic E-state index is 12.0. The summed E-state index contributed by atoms with van der Waals surface area (Å²) >= 11 is 9.62. The highest BCUT2D eigenvalue weighted by molar-refractivity contribution is 9.10. The van der Waals surface area contributed by atoms with Gasteiger partial charge in [0, 0.05) is 22.7 Å². The molecule has 1 fully saturated rings. The molecule has 3 aromatic rings. The van der Waals surface area contributed by atoms with E-state index in [0.29, 0.717) is 22.9 Å². The predicted molar refractivity (Wildman–Crippen MR) is 111 cm³/mol. The Morgan fingerprint density at radius 2 is 1.86 bits per heavy atom. The highest BCUT2D eigenvalue weighted by Crippen LogP contribution is 2.64. The molecule has 0 saturated heterocycles. The Labute approximate surface area is 175 Å². The highest BCUT2D eigenvalue weighted by atomic mass is 79.9. The van der Waals surface area contributed by atoms with E-state index < -0.39 is 11.2 Å². The second-order valence-electron chi connectivity index (χ2n) is 7.20. The molecule has 6 heteroatoms. The van der Waals surface area contributed by atoms with Crippen LogP contribution in [0.25, 0.3) is 0 Å². The molecular formula is C22H16BrClN2O2. The minimum absolute atomic E-state index is 0.192. The molecule has 0 bridgehead atoms. The van der Waals surface area contributed by atoms with E-state index in [-0.39, 0.29) is 11.6 Å². The van der Waals surface area contributed by atoms with Crippen molar-refractivity contribution in [3.8, 4) is 5.75 Å². The third kappa shape index (κ3) is 2.21. The molecule has 2 aliphatic rings. The molecule has 1 aliphatic carbocycles. The molecule has 0 spiro atoms. The fraction of sp³-hybridized carbons (Fsp3) is 0.182. The van der Waals surface area contributed by atoms with Crippen LogP contribution < -0.4 is 4.74 Å². The molecule has 2 aromatic carbocycles. The quantitative estimate of drug-likeness (QED) is 0.559. The molecule has 2 N–H and O–H groups in total. The maximum Gasteiger partial charge on any atom is 0.192 e. The summed E-state index contributed by atoms with van der Waals surface area (Å²) < 4.78 is 7.44. The van der Waals surface area contributed by atoms with Crippen molar-refractivity contribution >= 4 is 33.2 Å². The lowest BCUT2D eigenvalue weighted by atomic mass is 9.72. The van der Waals surface area contributed by atoms with Crippen molar-refractivity contribution in [3.05, 3.63) is 93.2 Å². The normalized spacial score (nSPS) is 28.0. The average Bonchev–Trinajstić information content (AvgIpc) is 3.09. The van der Waals surface area contributed by atoms with Crippen LogP contribution in [0.5, 0.6) is 5.75 Å². The molecule has 28 heavy (non-hydrogen) atoms.